The van der Waals surface area contributed by atoms with Gasteiger partial charge in [-0.3, -0.25) is 9.20 Å². The van der Waals surface area contributed by atoms with E-state index >= 15 is 0 Å². The van der Waals surface area contributed by atoms with Crippen molar-refractivity contribution >= 4 is 17.2 Å². The highest BCUT2D eigenvalue weighted by atomic mass is 16.2. The number of fused-ring (bicyclic) bond motifs is 1. The minimum Gasteiger partial charge on any atom is -0.304 e. The monoisotopic (exact) mass is 317 g/mol. The first-order valence-electron chi connectivity index (χ1n) is 7.56. The standard InChI is InChI=1S/C18H15N5O/c1-13-11-23(14-6-3-2-4-7-14)21-17(13)20-18(24)16-9-5-8-15-10-19-12-22(15)16/h2-12H,1H3,(H,20,21,24). The first-order valence-corrected chi connectivity index (χ1v) is 7.56. The number of imidazole rings is 1. The smallest absolute Gasteiger partial charge is 0.273 e. The van der Waals surface area contributed by atoms with Crippen LogP contribution in [0.4, 0.5) is 5.82 Å². The number of para-hydroxylation sites is 1. The quantitative estimate of drug-likeness (QED) is 0.631. The maximum atomic E-state index is 12.6. The third-order valence-electron chi connectivity index (χ3n) is 3.83. The van der Waals surface area contributed by atoms with Crippen molar-refractivity contribution in [1.29, 1.82) is 0 Å². The Balaban J connectivity index is 1.65. The summed E-state index contributed by atoms with van der Waals surface area (Å²) in [6.45, 7) is 1.92. The maximum absolute atomic E-state index is 12.6. The van der Waals surface area contributed by atoms with Gasteiger partial charge in [0.25, 0.3) is 5.91 Å². The SMILES string of the molecule is Cc1cn(-c2ccccc2)nc1NC(=O)c1cccc2cncn12. The van der Waals surface area contributed by atoms with Gasteiger partial charge in [0.05, 0.1) is 23.7 Å². The van der Waals surface area contributed by atoms with Crippen molar-refractivity contribution in [2.75, 3.05) is 5.32 Å². The van der Waals surface area contributed by atoms with E-state index in [2.05, 4.69) is 15.4 Å². The molecule has 0 aliphatic heterocycles. The summed E-state index contributed by atoms with van der Waals surface area (Å²) in [7, 11) is 0. The van der Waals surface area contributed by atoms with E-state index in [4.69, 9.17) is 0 Å². The van der Waals surface area contributed by atoms with Crippen LogP contribution in [0.25, 0.3) is 11.2 Å². The van der Waals surface area contributed by atoms with E-state index in [1.165, 1.54) is 0 Å². The van der Waals surface area contributed by atoms with Crippen LogP contribution in [0.2, 0.25) is 0 Å². The molecule has 1 aromatic carbocycles. The Morgan fingerprint density at radius 2 is 1.92 bits per heavy atom. The highest BCUT2D eigenvalue weighted by Crippen LogP contribution is 2.17. The third kappa shape index (κ3) is 2.44. The number of nitrogens with zero attached hydrogens (tertiary/aromatic N) is 4. The highest BCUT2D eigenvalue weighted by molar-refractivity contribution is 6.03. The van der Waals surface area contributed by atoms with E-state index in [0.29, 0.717) is 11.5 Å². The van der Waals surface area contributed by atoms with Crippen molar-refractivity contribution in [2.24, 2.45) is 0 Å². The van der Waals surface area contributed by atoms with E-state index in [0.717, 1.165) is 16.8 Å². The third-order valence-corrected chi connectivity index (χ3v) is 3.83. The minimum absolute atomic E-state index is 0.222. The molecule has 0 aliphatic carbocycles. The van der Waals surface area contributed by atoms with E-state index in [9.17, 15) is 4.79 Å². The number of amides is 1. The van der Waals surface area contributed by atoms with Crippen LogP contribution in [0, 0.1) is 6.92 Å². The van der Waals surface area contributed by atoms with Crippen LogP contribution in [0.3, 0.4) is 0 Å². The summed E-state index contributed by atoms with van der Waals surface area (Å²) in [6.07, 6.45) is 5.23. The van der Waals surface area contributed by atoms with Gasteiger partial charge in [-0.2, -0.15) is 0 Å². The van der Waals surface area contributed by atoms with Crippen LogP contribution in [0.1, 0.15) is 16.1 Å². The van der Waals surface area contributed by atoms with Gasteiger partial charge in [-0.15, -0.1) is 5.10 Å². The number of benzene rings is 1. The molecular weight excluding hydrogens is 302 g/mol. The summed E-state index contributed by atoms with van der Waals surface area (Å²) >= 11 is 0. The number of anilines is 1. The predicted molar refractivity (Wildman–Crippen MR) is 91.4 cm³/mol. The van der Waals surface area contributed by atoms with Gasteiger partial charge in [0.15, 0.2) is 5.82 Å². The molecule has 0 atom stereocenters. The number of carbonyl (C=O) groups excluding carboxylic acids is 1. The highest BCUT2D eigenvalue weighted by Gasteiger charge is 2.14. The molecule has 1 N–H and O–H groups in total. The Kier molecular flexibility index (Phi) is 3.35. The van der Waals surface area contributed by atoms with Gasteiger partial charge in [-0.05, 0) is 31.2 Å². The Bertz CT molecular complexity index is 1020. The molecule has 6 heteroatoms. The van der Waals surface area contributed by atoms with E-state index in [-0.39, 0.29) is 5.91 Å². The zero-order chi connectivity index (χ0) is 16.5. The molecular formula is C18H15N5O. The largest absolute Gasteiger partial charge is 0.304 e. The predicted octanol–water partition coefficient (Wildman–Crippen LogP) is 3.08. The molecule has 0 radical (unpaired) electrons. The summed E-state index contributed by atoms with van der Waals surface area (Å²) in [5.74, 6) is 0.320. The van der Waals surface area contributed by atoms with Crippen molar-refractivity contribution in [1.82, 2.24) is 19.2 Å². The molecule has 0 fully saturated rings. The Morgan fingerprint density at radius 3 is 2.75 bits per heavy atom. The van der Waals surface area contributed by atoms with Crippen molar-refractivity contribution in [3.63, 3.8) is 0 Å². The average molecular weight is 317 g/mol. The lowest BCUT2D eigenvalue weighted by molar-refractivity contribution is 0.102. The Hall–Kier alpha value is -3.41. The maximum Gasteiger partial charge on any atom is 0.273 e. The van der Waals surface area contributed by atoms with Gasteiger partial charge in [-0.1, -0.05) is 24.3 Å². The number of rotatable bonds is 3. The number of nitrogens with one attached hydrogen (secondary N) is 1. The van der Waals surface area contributed by atoms with Gasteiger partial charge >= 0.3 is 0 Å². The number of pyridine rings is 1. The molecule has 3 heterocycles. The lowest BCUT2D eigenvalue weighted by Crippen LogP contribution is -2.16. The number of carbonyl (C=O) groups is 1. The molecule has 4 aromatic rings. The van der Waals surface area contributed by atoms with Crippen LogP contribution >= 0.6 is 0 Å². The minimum atomic E-state index is -0.222. The number of hydrogen-bond acceptors (Lipinski definition) is 3. The van der Waals surface area contributed by atoms with Crippen molar-refractivity contribution in [3.8, 4) is 5.69 Å². The molecule has 0 bridgehead atoms. The molecule has 0 aliphatic rings. The van der Waals surface area contributed by atoms with E-state index < -0.39 is 0 Å². The van der Waals surface area contributed by atoms with Gasteiger partial charge in [0, 0.05) is 11.8 Å². The van der Waals surface area contributed by atoms with Gasteiger partial charge in [-0.25, -0.2) is 9.67 Å². The number of hydrogen-bond donors (Lipinski definition) is 1. The summed E-state index contributed by atoms with van der Waals surface area (Å²) in [5.41, 5.74) is 3.22. The Morgan fingerprint density at radius 1 is 1.08 bits per heavy atom. The first kappa shape index (κ1) is 14.2. The van der Waals surface area contributed by atoms with Gasteiger partial charge in [0.1, 0.15) is 5.69 Å². The molecule has 0 spiro atoms. The van der Waals surface area contributed by atoms with Gasteiger partial charge < -0.3 is 5.32 Å². The van der Waals surface area contributed by atoms with Crippen LogP contribution < -0.4 is 5.32 Å². The molecule has 6 nitrogen and oxygen atoms in total. The van der Waals surface area contributed by atoms with Crippen molar-refractivity contribution in [2.45, 2.75) is 6.92 Å². The summed E-state index contributed by atoms with van der Waals surface area (Å²) in [6, 6.07) is 15.3. The van der Waals surface area contributed by atoms with Crippen molar-refractivity contribution < 1.29 is 4.79 Å². The molecule has 3 aromatic heterocycles. The van der Waals surface area contributed by atoms with Crippen LogP contribution in [-0.2, 0) is 0 Å². The van der Waals surface area contributed by atoms with Crippen LogP contribution in [0.15, 0.2) is 67.3 Å². The fraction of sp³-hybridized carbons (Fsp3) is 0.0556. The molecule has 1 amide bonds. The molecule has 4 rings (SSSR count). The second kappa shape index (κ2) is 5.66. The number of aryl methyl sites for hydroxylation is 1. The van der Waals surface area contributed by atoms with Crippen LogP contribution in [0.5, 0.6) is 0 Å². The fourth-order valence-electron chi connectivity index (χ4n) is 2.60. The normalized spacial score (nSPS) is 10.9. The second-order valence-corrected chi connectivity index (χ2v) is 5.49. The van der Waals surface area contributed by atoms with Gasteiger partial charge in [0.2, 0.25) is 0 Å². The molecule has 0 unspecified atom stereocenters. The topological polar surface area (TPSA) is 64.2 Å². The zero-order valence-electron chi connectivity index (χ0n) is 13.0. The van der Waals surface area contributed by atoms with Crippen LogP contribution in [-0.4, -0.2) is 25.1 Å². The average Bonchev–Trinajstić information content (AvgIpc) is 3.22. The molecule has 0 saturated carbocycles. The van der Waals surface area contributed by atoms with Crippen molar-refractivity contribution in [3.05, 3.63) is 78.5 Å². The fourth-order valence-corrected chi connectivity index (χ4v) is 2.60. The summed E-state index contributed by atoms with van der Waals surface area (Å²) in [4.78, 5) is 16.7. The summed E-state index contributed by atoms with van der Waals surface area (Å²) < 4.78 is 3.50. The lowest BCUT2D eigenvalue weighted by atomic mass is 10.3. The molecule has 118 valence electrons. The zero-order valence-corrected chi connectivity index (χ0v) is 13.0. The first-order chi connectivity index (χ1) is 11.7. The van der Waals surface area contributed by atoms with E-state index in [1.807, 2.05) is 55.6 Å². The number of aromatic nitrogens is 4. The Labute approximate surface area is 138 Å². The molecule has 0 saturated heterocycles. The van der Waals surface area contributed by atoms with E-state index in [1.54, 1.807) is 27.7 Å². The summed E-state index contributed by atoms with van der Waals surface area (Å²) in [5, 5.41) is 7.35. The molecule has 24 heavy (non-hydrogen) atoms. The lowest BCUT2D eigenvalue weighted by Gasteiger charge is -2.06. The second-order valence-electron chi connectivity index (χ2n) is 5.49.